The number of hydrogen-bond donors (Lipinski definition) is 1. The third kappa shape index (κ3) is 4.08. The van der Waals surface area contributed by atoms with Gasteiger partial charge >= 0.3 is 0 Å². The molecule has 1 saturated heterocycles. The van der Waals surface area contributed by atoms with E-state index in [1.54, 1.807) is 6.20 Å². The van der Waals surface area contributed by atoms with Crippen LogP contribution in [0.25, 0.3) is 0 Å². The lowest BCUT2D eigenvalue weighted by molar-refractivity contribution is -0.127. The second kappa shape index (κ2) is 6.95. The van der Waals surface area contributed by atoms with E-state index in [0.717, 1.165) is 50.3 Å². The van der Waals surface area contributed by atoms with Gasteiger partial charge in [-0.25, -0.2) is 9.97 Å². The van der Waals surface area contributed by atoms with Gasteiger partial charge in [0.05, 0.1) is 6.04 Å². The third-order valence-corrected chi connectivity index (χ3v) is 5.11. The molecule has 1 N–H and O–H groups in total. The summed E-state index contributed by atoms with van der Waals surface area (Å²) in [5.74, 6) is 1.61. The molecule has 2 heterocycles. The van der Waals surface area contributed by atoms with E-state index in [4.69, 9.17) is 0 Å². The number of amides is 1. The van der Waals surface area contributed by atoms with Gasteiger partial charge in [-0.15, -0.1) is 0 Å². The van der Waals surface area contributed by atoms with E-state index in [9.17, 15) is 4.79 Å². The quantitative estimate of drug-likeness (QED) is 0.906. The molecule has 2 fully saturated rings. The van der Waals surface area contributed by atoms with Gasteiger partial charge in [0.15, 0.2) is 5.82 Å². The summed E-state index contributed by atoms with van der Waals surface area (Å²) in [4.78, 5) is 24.1. The van der Waals surface area contributed by atoms with E-state index in [0.29, 0.717) is 12.0 Å². The lowest BCUT2D eigenvalue weighted by Crippen LogP contribution is -2.44. The van der Waals surface area contributed by atoms with Crippen LogP contribution in [0.3, 0.4) is 0 Å². The maximum absolute atomic E-state index is 12.7. The molecular weight excluding hydrogens is 288 g/mol. The molecule has 0 radical (unpaired) electrons. The summed E-state index contributed by atoms with van der Waals surface area (Å²) in [6.45, 7) is 8.45. The molecule has 1 atom stereocenters. The summed E-state index contributed by atoms with van der Waals surface area (Å²) >= 11 is 0. The van der Waals surface area contributed by atoms with Crippen molar-refractivity contribution in [3.05, 3.63) is 23.8 Å². The molecule has 5 nitrogen and oxygen atoms in total. The first-order valence-corrected chi connectivity index (χ1v) is 8.88. The normalized spacial score (nSPS) is 21.4. The van der Waals surface area contributed by atoms with E-state index >= 15 is 0 Å². The Labute approximate surface area is 138 Å². The molecule has 23 heavy (non-hydrogen) atoms. The van der Waals surface area contributed by atoms with Crippen molar-refractivity contribution in [2.45, 2.75) is 58.5 Å². The van der Waals surface area contributed by atoms with Crippen LogP contribution in [0.2, 0.25) is 0 Å². The fraction of sp³-hybridized carbons (Fsp3) is 0.722. The van der Waals surface area contributed by atoms with Crippen molar-refractivity contribution in [3.63, 3.8) is 0 Å². The summed E-state index contributed by atoms with van der Waals surface area (Å²) in [6.07, 6.45) is 6.02. The largest absolute Gasteiger partial charge is 0.346 e. The zero-order valence-corrected chi connectivity index (χ0v) is 14.5. The van der Waals surface area contributed by atoms with Crippen molar-refractivity contribution in [3.8, 4) is 0 Å². The Morgan fingerprint density at radius 2 is 1.96 bits per heavy atom. The summed E-state index contributed by atoms with van der Waals surface area (Å²) in [5, 5.41) is 3.25. The molecule has 1 saturated carbocycles. The van der Waals surface area contributed by atoms with Crippen molar-refractivity contribution in [2.75, 3.05) is 13.1 Å². The first-order chi connectivity index (χ1) is 11.0. The number of likely N-dealkylation sites (tertiary alicyclic amines) is 1. The molecule has 3 rings (SSSR count). The number of rotatable bonds is 5. The molecule has 0 aromatic carbocycles. The highest BCUT2D eigenvalue weighted by atomic mass is 16.2. The van der Waals surface area contributed by atoms with Crippen LogP contribution in [0.15, 0.2) is 12.3 Å². The van der Waals surface area contributed by atoms with Crippen LogP contribution in [-0.2, 0) is 4.79 Å². The van der Waals surface area contributed by atoms with E-state index < -0.39 is 0 Å². The molecule has 0 spiro atoms. The van der Waals surface area contributed by atoms with Crippen LogP contribution >= 0.6 is 0 Å². The Kier molecular flexibility index (Phi) is 4.95. The summed E-state index contributed by atoms with van der Waals surface area (Å²) in [6, 6.07) is 2.46. The zero-order valence-electron chi connectivity index (χ0n) is 14.5. The lowest BCUT2D eigenvalue weighted by atomic mass is 9.94. The van der Waals surface area contributed by atoms with Crippen LogP contribution in [-0.4, -0.2) is 39.9 Å². The van der Waals surface area contributed by atoms with Gasteiger partial charge in [0.25, 0.3) is 0 Å². The van der Waals surface area contributed by atoms with E-state index in [2.05, 4.69) is 34.0 Å². The van der Waals surface area contributed by atoms with Crippen LogP contribution in [0.4, 0.5) is 0 Å². The number of nitrogens with one attached hydrogen (secondary N) is 1. The number of hydrogen-bond acceptors (Lipinski definition) is 4. The minimum Gasteiger partial charge on any atom is -0.346 e. The van der Waals surface area contributed by atoms with E-state index in [-0.39, 0.29) is 17.9 Å². The van der Waals surface area contributed by atoms with Gasteiger partial charge in [0, 0.05) is 23.9 Å². The Morgan fingerprint density at radius 1 is 1.26 bits per heavy atom. The minimum atomic E-state index is -0.00877. The number of carbonyl (C=O) groups is 1. The van der Waals surface area contributed by atoms with Crippen molar-refractivity contribution >= 4 is 5.91 Å². The SMILES string of the molecule is Cc1ccnc([C@@H](NC(=O)C2CCN(C(C)C)CC2)C2CC2)n1. The van der Waals surface area contributed by atoms with Crippen molar-refractivity contribution in [1.82, 2.24) is 20.2 Å². The summed E-state index contributed by atoms with van der Waals surface area (Å²) in [5.41, 5.74) is 0.958. The average molecular weight is 316 g/mol. The van der Waals surface area contributed by atoms with Crippen molar-refractivity contribution in [1.29, 1.82) is 0 Å². The lowest BCUT2D eigenvalue weighted by Gasteiger charge is -2.34. The van der Waals surface area contributed by atoms with Gasteiger partial charge < -0.3 is 10.2 Å². The average Bonchev–Trinajstić information content (AvgIpc) is 3.37. The standard InChI is InChI=1S/C18H28N4O/c1-12(2)22-10-7-15(8-11-22)18(23)21-16(14-4-5-14)17-19-9-6-13(3)20-17/h6,9,12,14-16H,4-5,7-8,10-11H2,1-3H3,(H,21,23)/t16-/m0/s1. The molecule has 0 unspecified atom stereocenters. The fourth-order valence-electron chi connectivity index (χ4n) is 3.39. The molecule has 1 aromatic heterocycles. The molecule has 1 amide bonds. The Morgan fingerprint density at radius 3 is 2.52 bits per heavy atom. The molecule has 1 aliphatic carbocycles. The van der Waals surface area contributed by atoms with Gasteiger partial charge in [-0.3, -0.25) is 4.79 Å². The Balaban J connectivity index is 1.61. The number of carbonyl (C=O) groups excluding carboxylic acids is 1. The third-order valence-electron chi connectivity index (χ3n) is 5.11. The summed E-state index contributed by atoms with van der Waals surface area (Å²) < 4.78 is 0. The minimum absolute atomic E-state index is 0.00877. The maximum atomic E-state index is 12.7. The molecule has 0 bridgehead atoms. The fourth-order valence-corrected chi connectivity index (χ4v) is 3.39. The smallest absolute Gasteiger partial charge is 0.223 e. The molecule has 2 aliphatic rings. The Bertz CT molecular complexity index is 548. The number of aryl methyl sites for hydroxylation is 1. The molecule has 1 aliphatic heterocycles. The first-order valence-electron chi connectivity index (χ1n) is 8.88. The van der Waals surface area contributed by atoms with Gasteiger partial charge in [0.2, 0.25) is 5.91 Å². The topological polar surface area (TPSA) is 58.1 Å². The Hall–Kier alpha value is -1.49. The van der Waals surface area contributed by atoms with Crippen LogP contribution in [0.5, 0.6) is 0 Å². The van der Waals surface area contributed by atoms with Crippen molar-refractivity contribution < 1.29 is 4.79 Å². The number of nitrogens with zero attached hydrogens (tertiary/aromatic N) is 3. The highest BCUT2D eigenvalue weighted by molar-refractivity contribution is 5.79. The number of aromatic nitrogens is 2. The van der Waals surface area contributed by atoms with E-state index in [1.165, 1.54) is 0 Å². The van der Waals surface area contributed by atoms with Crippen LogP contribution in [0, 0.1) is 18.8 Å². The highest BCUT2D eigenvalue weighted by Crippen LogP contribution is 2.40. The zero-order chi connectivity index (χ0) is 16.4. The van der Waals surface area contributed by atoms with Crippen molar-refractivity contribution in [2.24, 2.45) is 11.8 Å². The second-order valence-electron chi connectivity index (χ2n) is 7.28. The van der Waals surface area contributed by atoms with Gasteiger partial charge in [-0.2, -0.15) is 0 Å². The van der Waals surface area contributed by atoms with Gasteiger partial charge in [-0.05, 0) is 71.5 Å². The molecular formula is C18H28N4O. The molecule has 5 heteroatoms. The predicted molar refractivity (Wildman–Crippen MR) is 89.8 cm³/mol. The molecule has 1 aromatic rings. The van der Waals surface area contributed by atoms with Crippen LogP contribution in [0.1, 0.15) is 57.1 Å². The molecule has 126 valence electrons. The van der Waals surface area contributed by atoms with Crippen LogP contribution < -0.4 is 5.32 Å². The number of piperidine rings is 1. The monoisotopic (exact) mass is 316 g/mol. The summed E-state index contributed by atoms with van der Waals surface area (Å²) in [7, 11) is 0. The highest BCUT2D eigenvalue weighted by Gasteiger charge is 2.37. The van der Waals surface area contributed by atoms with Gasteiger partial charge in [-0.1, -0.05) is 0 Å². The first kappa shape index (κ1) is 16.4. The van der Waals surface area contributed by atoms with Gasteiger partial charge in [0.1, 0.15) is 0 Å². The maximum Gasteiger partial charge on any atom is 0.223 e. The predicted octanol–water partition coefficient (Wildman–Crippen LogP) is 2.47. The second-order valence-corrected chi connectivity index (χ2v) is 7.28. The van der Waals surface area contributed by atoms with E-state index in [1.807, 2.05) is 13.0 Å².